The molecule has 2 atom stereocenters. The van der Waals surface area contributed by atoms with Crippen molar-refractivity contribution in [3.05, 3.63) is 68.4 Å². The lowest BCUT2D eigenvalue weighted by atomic mass is 10.1. The average molecular weight is 617 g/mol. The molecule has 0 spiro atoms. The Morgan fingerprint density at radius 1 is 1.16 bits per heavy atom. The monoisotopic (exact) mass is 616 g/mol. The molecule has 3 aromatic heterocycles. The van der Waals surface area contributed by atoms with Crippen molar-refractivity contribution in [3.63, 3.8) is 0 Å². The molecule has 0 aliphatic heterocycles. The molecule has 0 saturated carbocycles. The zero-order valence-corrected chi connectivity index (χ0v) is 25.2. The van der Waals surface area contributed by atoms with Gasteiger partial charge in [0, 0.05) is 29.6 Å². The molecular formula is C28H33FN6O7S. The number of ether oxygens (including phenoxy) is 2. The maximum absolute atomic E-state index is 14.4. The van der Waals surface area contributed by atoms with Gasteiger partial charge < -0.3 is 19.9 Å². The summed E-state index contributed by atoms with van der Waals surface area (Å²) < 4.78 is 28.2. The summed E-state index contributed by atoms with van der Waals surface area (Å²) in [5, 5.41) is 21.0. The Kier molecular flexibility index (Phi) is 9.76. The Morgan fingerprint density at radius 3 is 2.49 bits per heavy atom. The second kappa shape index (κ2) is 13.3. The molecule has 43 heavy (non-hydrogen) atoms. The number of carboxylic acids is 1. The third-order valence-electron chi connectivity index (χ3n) is 6.71. The number of amides is 1. The van der Waals surface area contributed by atoms with Crippen molar-refractivity contribution in [3.8, 4) is 10.8 Å². The van der Waals surface area contributed by atoms with Crippen LogP contribution in [0.1, 0.15) is 56.9 Å². The Bertz CT molecular complexity index is 1740. The van der Waals surface area contributed by atoms with Gasteiger partial charge in [0.25, 0.3) is 5.56 Å². The topological polar surface area (TPSA) is 160 Å². The normalized spacial score (nSPS) is 12.9. The van der Waals surface area contributed by atoms with E-state index >= 15 is 0 Å². The second-order valence-electron chi connectivity index (χ2n) is 10.3. The van der Waals surface area contributed by atoms with Crippen LogP contribution in [-0.2, 0) is 20.9 Å². The number of thiophene rings is 1. The molecule has 0 aliphatic carbocycles. The third kappa shape index (κ3) is 6.83. The first-order chi connectivity index (χ1) is 20.4. The highest BCUT2D eigenvalue weighted by Crippen LogP contribution is 2.34. The minimum Gasteiger partial charge on any atom is -0.496 e. The van der Waals surface area contributed by atoms with Crippen molar-refractivity contribution in [2.75, 3.05) is 13.7 Å². The van der Waals surface area contributed by atoms with Gasteiger partial charge in [0.05, 0.1) is 44.5 Å². The van der Waals surface area contributed by atoms with Crippen molar-refractivity contribution < 1.29 is 28.6 Å². The number of aromatic nitrogens is 5. The number of halogens is 1. The van der Waals surface area contributed by atoms with Gasteiger partial charge in [-0.2, -0.15) is 10.2 Å². The number of carbonyl (C=O) groups is 2. The maximum atomic E-state index is 14.4. The molecule has 2 N–H and O–H groups in total. The molecule has 3 heterocycles. The van der Waals surface area contributed by atoms with Crippen molar-refractivity contribution in [1.82, 2.24) is 29.4 Å². The number of carbonyl (C=O) groups excluding carboxylic acids is 1. The van der Waals surface area contributed by atoms with Crippen LogP contribution in [0.4, 0.5) is 4.39 Å². The highest BCUT2D eigenvalue weighted by molar-refractivity contribution is 7.21. The molecule has 4 rings (SSSR count). The number of fused-ring (bicyclic) bond motifs is 1. The van der Waals surface area contributed by atoms with Crippen LogP contribution in [0.25, 0.3) is 15.2 Å². The van der Waals surface area contributed by atoms with Crippen LogP contribution in [0.2, 0.25) is 0 Å². The smallest absolute Gasteiger partial charge is 0.332 e. The van der Waals surface area contributed by atoms with Gasteiger partial charge in [-0.1, -0.05) is 11.3 Å². The lowest BCUT2D eigenvalue weighted by Gasteiger charge is -2.23. The van der Waals surface area contributed by atoms with E-state index in [1.54, 1.807) is 27.7 Å². The molecule has 13 nitrogen and oxygen atoms in total. The van der Waals surface area contributed by atoms with Crippen molar-refractivity contribution in [2.45, 2.75) is 65.3 Å². The molecule has 1 unspecified atom stereocenters. The first kappa shape index (κ1) is 31.6. The quantitative estimate of drug-likeness (QED) is 0.230. The largest absolute Gasteiger partial charge is 0.496 e. The van der Waals surface area contributed by atoms with E-state index in [9.17, 15) is 28.7 Å². The molecule has 1 aromatic carbocycles. The first-order valence-electron chi connectivity index (χ1n) is 13.5. The number of hydrogen-bond donors (Lipinski definition) is 2. The second-order valence-corrected chi connectivity index (χ2v) is 11.2. The molecule has 0 radical (unpaired) electrons. The average Bonchev–Trinajstić information content (AvgIpc) is 3.57. The van der Waals surface area contributed by atoms with Gasteiger partial charge in [-0.15, -0.1) is 4.80 Å². The van der Waals surface area contributed by atoms with Crippen LogP contribution in [0.5, 0.6) is 5.75 Å². The highest BCUT2D eigenvalue weighted by atomic mass is 32.1. The summed E-state index contributed by atoms with van der Waals surface area (Å²) in [5.74, 6) is -1.75. The lowest BCUT2D eigenvalue weighted by molar-refractivity contribution is -0.138. The predicted molar refractivity (Wildman–Crippen MR) is 157 cm³/mol. The fourth-order valence-corrected chi connectivity index (χ4v) is 6.03. The Balaban J connectivity index is 1.94. The zero-order chi connectivity index (χ0) is 31.4. The van der Waals surface area contributed by atoms with E-state index < -0.39 is 35.2 Å². The summed E-state index contributed by atoms with van der Waals surface area (Å²) in [5.41, 5.74) is -0.530. The molecule has 0 fully saturated rings. The molecule has 0 saturated heterocycles. The van der Waals surface area contributed by atoms with Gasteiger partial charge in [0.1, 0.15) is 27.5 Å². The van der Waals surface area contributed by atoms with Gasteiger partial charge in [0.15, 0.2) is 0 Å². The van der Waals surface area contributed by atoms with Crippen LogP contribution in [-0.4, -0.2) is 60.9 Å². The number of aryl methyl sites for hydroxylation is 1. The van der Waals surface area contributed by atoms with Crippen LogP contribution >= 0.6 is 11.3 Å². The van der Waals surface area contributed by atoms with E-state index in [1.807, 2.05) is 0 Å². The number of nitrogens with zero attached hydrogens (tertiary/aromatic N) is 5. The number of methoxy groups -OCH3 is 1. The SMILES string of the molecule is COc1ccc(F)cc1[C@H](Cn1c(=O)n(C(C)CC(=O)NC(C)C)c(=O)c2c(C)c(-n3nccn3)sc21)OCCC(=O)O. The van der Waals surface area contributed by atoms with E-state index in [1.165, 1.54) is 47.1 Å². The molecule has 1 amide bonds. The summed E-state index contributed by atoms with van der Waals surface area (Å²) in [6.07, 6.45) is 1.43. The van der Waals surface area contributed by atoms with Crippen LogP contribution in [0, 0.1) is 12.7 Å². The van der Waals surface area contributed by atoms with Gasteiger partial charge in [0.2, 0.25) is 5.91 Å². The molecule has 0 aliphatic rings. The van der Waals surface area contributed by atoms with E-state index in [0.717, 1.165) is 15.9 Å². The standard InChI is InChI=1S/C28H33FN6O7S/c1-15(2)32-22(36)12-16(3)34-25(39)24-17(4)26(35-30-9-10-31-35)43-27(24)33(28(34)40)14-21(42-11-8-23(37)38)19-13-18(29)6-7-20(19)41-5/h6-7,9-10,13,15-16,21H,8,11-12,14H2,1-5H3,(H,32,36)(H,37,38)/t16?,21-/m0/s1. The van der Waals surface area contributed by atoms with Crippen molar-refractivity contribution in [1.29, 1.82) is 0 Å². The number of nitrogens with one attached hydrogen (secondary N) is 1. The summed E-state index contributed by atoms with van der Waals surface area (Å²) in [6, 6.07) is 2.85. The first-order valence-corrected chi connectivity index (χ1v) is 14.4. The third-order valence-corrected chi connectivity index (χ3v) is 7.99. The van der Waals surface area contributed by atoms with Gasteiger partial charge in [-0.05, 0) is 45.9 Å². The molecular weight excluding hydrogens is 583 g/mol. The fraction of sp³-hybridized carbons (Fsp3) is 0.429. The Hall–Kier alpha value is -4.37. The number of carboxylic acid groups (broad SMARTS) is 1. The summed E-state index contributed by atoms with van der Waals surface area (Å²) in [6.45, 7) is 6.45. The van der Waals surface area contributed by atoms with E-state index in [2.05, 4.69) is 15.5 Å². The lowest BCUT2D eigenvalue weighted by Crippen LogP contribution is -2.43. The minimum absolute atomic E-state index is 0.133. The van der Waals surface area contributed by atoms with Gasteiger partial charge in [-0.25, -0.2) is 9.18 Å². The Morgan fingerprint density at radius 2 is 1.86 bits per heavy atom. The number of aliphatic carboxylic acids is 1. The summed E-state index contributed by atoms with van der Waals surface area (Å²) >= 11 is 1.11. The van der Waals surface area contributed by atoms with Crippen LogP contribution in [0.15, 0.2) is 40.2 Å². The molecule has 4 aromatic rings. The Labute approximate surface area is 249 Å². The minimum atomic E-state index is -1.10. The van der Waals surface area contributed by atoms with E-state index in [4.69, 9.17) is 9.47 Å². The van der Waals surface area contributed by atoms with E-state index in [0.29, 0.717) is 10.6 Å². The molecule has 230 valence electrons. The number of benzene rings is 1. The van der Waals surface area contributed by atoms with Crippen molar-refractivity contribution >= 4 is 33.4 Å². The van der Waals surface area contributed by atoms with Crippen molar-refractivity contribution in [2.24, 2.45) is 0 Å². The van der Waals surface area contributed by atoms with Gasteiger partial charge in [-0.3, -0.25) is 23.5 Å². The summed E-state index contributed by atoms with van der Waals surface area (Å²) in [4.78, 5) is 53.5. The van der Waals surface area contributed by atoms with Crippen LogP contribution < -0.4 is 21.3 Å². The maximum Gasteiger partial charge on any atom is 0.332 e. The highest BCUT2D eigenvalue weighted by Gasteiger charge is 2.28. The van der Waals surface area contributed by atoms with Crippen LogP contribution in [0.3, 0.4) is 0 Å². The molecule has 15 heteroatoms. The summed E-state index contributed by atoms with van der Waals surface area (Å²) in [7, 11) is 1.39. The number of hydrogen-bond acceptors (Lipinski definition) is 9. The molecule has 0 bridgehead atoms. The fourth-order valence-electron chi connectivity index (χ4n) is 4.81. The zero-order valence-electron chi connectivity index (χ0n) is 24.4. The predicted octanol–water partition coefficient (Wildman–Crippen LogP) is 2.97. The van der Waals surface area contributed by atoms with Gasteiger partial charge >= 0.3 is 11.7 Å². The van der Waals surface area contributed by atoms with E-state index in [-0.39, 0.29) is 59.5 Å². The number of rotatable bonds is 13.